The van der Waals surface area contributed by atoms with Crippen molar-refractivity contribution in [2.45, 2.75) is 13.5 Å². The summed E-state index contributed by atoms with van der Waals surface area (Å²) in [5, 5.41) is 1.56. The Bertz CT molecular complexity index is 617. The Hall–Kier alpha value is -1.59. The van der Waals surface area contributed by atoms with E-state index in [1.54, 1.807) is 24.2 Å². The van der Waals surface area contributed by atoms with Crippen molar-refractivity contribution < 1.29 is 9.13 Å². The number of aryl methyl sites for hydroxylation is 1. The molecule has 0 heterocycles. The molecule has 0 spiro atoms. The average Bonchev–Trinajstić information content (AvgIpc) is 2.40. The standard InChI is InChI=1S/C15H16BrFN2O/c1-10-4-3-5-15(19(2)18)12(10)9-20-11-6-7-14(17)13(16)8-11/h3-8H,9,18H2,1-2H3. The third-order valence-corrected chi connectivity index (χ3v) is 3.65. The van der Waals surface area contributed by atoms with E-state index in [-0.39, 0.29) is 5.82 Å². The molecule has 2 N–H and O–H groups in total. The van der Waals surface area contributed by atoms with Gasteiger partial charge in [0.15, 0.2) is 0 Å². The van der Waals surface area contributed by atoms with Gasteiger partial charge in [-0.3, -0.25) is 0 Å². The fourth-order valence-corrected chi connectivity index (χ4v) is 2.28. The van der Waals surface area contributed by atoms with E-state index < -0.39 is 0 Å². The second-order valence-electron chi connectivity index (χ2n) is 4.55. The van der Waals surface area contributed by atoms with Gasteiger partial charge in [0.2, 0.25) is 0 Å². The van der Waals surface area contributed by atoms with Crippen LogP contribution in [0.1, 0.15) is 11.1 Å². The minimum atomic E-state index is -0.310. The molecule has 2 aromatic rings. The van der Waals surface area contributed by atoms with Crippen LogP contribution in [0.4, 0.5) is 10.1 Å². The lowest BCUT2D eigenvalue weighted by molar-refractivity contribution is 0.305. The number of hydrogen-bond acceptors (Lipinski definition) is 3. The van der Waals surface area contributed by atoms with Gasteiger partial charge in [0.05, 0.1) is 10.2 Å². The third-order valence-electron chi connectivity index (χ3n) is 3.04. The number of halogens is 2. The molecule has 0 radical (unpaired) electrons. The summed E-state index contributed by atoms with van der Waals surface area (Å²) in [6, 6.07) is 10.5. The smallest absolute Gasteiger partial charge is 0.137 e. The number of nitrogens with two attached hydrogens (primary N) is 1. The SMILES string of the molecule is Cc1cccc(N(C)N)c1COc1ccc(F)c(Br)c1. The first-order valence-electron chi connectivity index (χ1n) is 6.14. The van der Waals surface area contributed by atoms with Crippen LogP contribution in [0.25, 0.3) is 0 Å². The van der Waals surface area contributed by atoms with Crippen molar-refractivity contribution in [3.8, 4) is 5.75 Å². The Morgan fingerprint density at radius 3 is 2.70 bits per heavy atom. The van der Waals surface area contributed by atoms with Crippen LogP contribution in [0.3, 0.4) is 0 Å². The number of ether oxygens (including phenoxy) is 1. The van der Waals surface area contributed by atoms with Crippen molar-refractivity contribution in [1.82, 2.24) is 0 Å². The maximum Gasteiger partial charge on any atom is 0.137 e. The first-order valence-corrected chi connectivity index (χ1v) is 6.93. The van der Waals surface area contributed by atoms with Crippen molar-refractivity contribution in [1.29, 1.82) is 0 Å². The van der Waals surface area contributed by atoms with E-state index in [4.69, 9.17) is 10.6 Å². The number of rotatable bonds is 4. The molecular weight excluding hydrogens is 323 g/mol. The Morgan fingerprint density at radius 1 is 1.30 bits per heavy atom. The Kier molecular flexibility index (Phi) is 4.62. The van der Waals surface area contributed by atoms with Crippen molar-refractivity contribution in [3.63, 3.8) is 0 Å². The van der Waals surface area contributed by atoms with Crippen molar-refractivity contribution in [3.05, 3.63) is 57.8 Å². The quantitative estimate of drug-likeness (QED) is 0.680. The highest BCUT2D eigenvalue weighted by Crippen LogP contribution is 2.25. The summed E-state index contributed by atoms with van der Waals surface area (Å²) >= 11 is 3.14. The molecule has 0 aliphatic carbocycles. The normalized spacial score (nSPS) is 10.4. The average molecular weight is 339 g/mol. The molecule has 2 rings (SSSR count). The van der Waals surface area contributed by atoms with Crippen LogP contribution < -0.4 is 15.6 Å². The molecular formula is C15H16BrFN2O. The molecule has 0 aliphatic rings. The zero-order valence-electron chi connectivity index (χ0n) is 11.4. The second-order valence-corrected chi connectivity index (χ2v) is 5.40. The summed E-state index contributed by atoms with van der Waals surface area (Å²) < 4.78 is 19.3. The maximum atomic E-state index is 13.2. The number of anilines is 1. The first kappa shape index (κ1) is 14.8. The Morgan fingerprint density at radius 2 is 2.05 bits per heavy atom. The topological polar surface area (TPSA) is 38.5 Å². The Balaban J connectivity index is 2.20. The predicted octanol–water partition coefficient (Wildman–Crippen LogP) is 3.79. The van der Waals surface area contributed by atoms with Crippen LogP contribution in [-0.4, -0.2) is 7.05 Å². The molecule has 0 amide bonds. The summed E-state index contributed by atoms with van der Waals surface area (Å²) in [7, 11) is 1.78. The van der Waals surface area contributed by atoms with Crippen LogP contribution >= 0.6 is 15.9 Å². The lowest BCUT2D eigenvalue weighted by Crippen LogP contribution is -2.26. The molecule has 0 aromatic heterocycles. The van der Waals surface area contributed by atoms with E-state index in [1.165, 1.54) is 6.07 Å². The van der Waals surface area contributed by atoms with Crippen molar-refractivity contribution >= 4 is 21.6 Å². The molecule has 0 saturated heterocycles. The van der Waals surface area contributed by atoms with Gasteiger partial charge in [0.25, 0.3) is 0 Å². The van der Waals surface area contributed by atoms with Gasteiger partial charge in [0, 0.05) is 12.6 Å². The molecule has 106 valence electrons. The van der Waals surface area contributed by atoms with Crippen LogP contribution in [0.5, 0.6) is 5.75 Å². The summed E-state index contributed by atoms with van der Waals surface area (Å²) in [6.45, 7) is 2.38. The minimum Gasteiger partial charge on any atom is -0.489 e. The largest absolute Gasteiger partial charge is 0.489 e. The van der Waals surface area contributed by atoms with Gasteiger partial charge < -0.3 is 9.75 Å². The lowest BCUT2D eigenvalue weighted by Gasteiger charge is -2.19. The summed E-state index contributed by atoms with van der Waals surface area (Å²) in [4.78, 5) is 0. The highest BCUT2D eigenvalue weighted by atomic mass is 79.9. The van der Waals surface area contributed by atoms with Crippen LogP contribution in [0, 0.1) is 12.7 Å². The van der Waals surface area contributed by atoms with Gasteiger partial charge in [-0.1, -0.05) is 12.1 Å². The van der Waals surface area contributed by atoms with E-state index in [1.807, 2.05) is 25.1 Å². The van der Waals surface area contributed by atoms with Crippen LogP contribution in [-0.2, 0) is 6.61 Å². The summed E-state index contributed by atoms with van der Waals surface area (Å²) in [5.74, 6) is 6.11. The number of hydrazine groups is 1. The monoisotopic (exact) mass is 338 g/mol. The molecule has 3 nitrogen and oxygen atoms in total. The van der Waals surface area contributed by atoms with Gasteiger partial charge in [0.1, 0.15) is 18.2 Å². The van der Waals surface area contributed by atoms with E-state index >= 15 is 0 Å². The number of hydrogen-bond donors (Lipinski definition) is 1. The molecule has 0 fully saturated rings. The molecule has 0 bridgehead atoms. The maximum absolute atomic E-state index is 13.2. The highest BCUT2D eigenvalue weighted by Gasteiger charge is 2.09. The van der Waals surface area contributed by atoms with Crippen molar-refractivity contribution in [2.24, 2.45) is 5.84 Å². The minimum absolute atomic E-state index is 0.310. The van der Waals surface area contributed by atoms with Crippen molar-refractivity contribution in [2.75, 3.05) is 12.1 Å². The zero-order valence-corrected chi connectivity index (χ0v) is 12.9. The molecule has 2 aromatic carbocycles. The fraction of sp³-hybridized carbons (Fsp3) is 0.200. The van der Waals surface area contributed by atoms with Gasteiger partial charge in [-0.15, -0.1) is 0 Å². The van der Waals surface area contributed by atoms with E-state index in [0.717, 1.165) is 16.8 Å². The molecule has 0 atom stereocenters. The summed E-state index contributed by atoms with van der Waals surface area (Å²) in [5.41, 5.74) is 3.02. The second kappa shape index (κ2) is 6.24. The molecule has 20 heavy (non-hydrogen) atoms. The van der Waals surface area contributed by atoms with Crippen LogP contribution in [0.2, 0.25) is 0 Å². The fourth-order valence-electron chi connectivity index (χ4n) is 1.93. The molecule has 5 heteroatoms. The van der Waals surface area contributed by atoms with E-state index in [0.29, 0.717) is 16.8 Å². The predicted molar refractivity (Wildman–Crippen MR) is 82.2 cm³/mol. The zero-order chi connectivity index (χ0) is 14.7. The summed E-state index contributed by atoms with van der Waals surface area (Å²) in [6.07, 6.45) is 0. The number of nitrogens with zero attached hydrogens (tertiary/aromatic N) is 1. The molecule has 0 saturated carbocycles. The van der Waals surface area contributed by atoms with Gasteiger partial charge >= 0.3 is 0 Å². The van der Waals surface area contributed by atoms with Gasteiger partial charge in [-0.25, -0.2) is 10.2 Å². The molecule has 0 unspecified atom stereocenters. The van der Waals surface area contributed by atoms with Gasteiger partial charge in [-0.2, -0.15) is 0 Å². The highest BCUT2D eigenvalue weighted by molar-refractivity contribution is 9.10. The van der Waals surface area contributed by atoms with E-state index in [9.17, 15) is 4.39 Å². The van der Waals surface area contributed by atoms with Gasteiger partial charge in [-0.05, 0) is 52.7 Å². The lowest BCUT2D eigenvalue weighted by atomic mass is 10.1. The Labute approximate surface area is 126 Å². The third kappa shape index (κ3) is 3.29. The number of benzene rings is 2. The van der Waals surface area contributed by atoms with Crippen LogP contribution in [0.15, 0.2) is 40.9 Å². The molecule has 0 aliphatic heterocycles. The van der Waals surface area contributed by atoms with E-state index in [2.05, 4.69) is 15.9 Å². The first-order chi connectivity index (χ1) is 9.49.